The summed E-state index contributed by atoms with van der Waals surface area (Å²) < 4.78 is 0. The van der Waals surface area contributed by atoms with Crippen molar-refractivity contribution < 1.29 is 4.79 Å². The number of fused-ring (bicyclic) bond motifs is 1. The van der Waals surface area contributed by atoms with E-state index in [9.17, 15) is 4.79 Å². The van der Waals surface area contributed by atoms with Gasteiger partial charge in [-0.2, -0.15) is 5.10 Å². The molecule has 27 heavy (non-hydrogen) atoms. The minimum Gasteiger partial charge on any atom is -0.351 e. The van der Waals surface area contributed by atoms with Crippen LogP contribution in [0.2, 0.25) is 0 Å². The number of aromatic nitrogens is 4. The molecule has 0 spiro atoms. The lowest BCUT2D eigenvalue weighted by Gasteiger charge is -2.05. The number of benzene rings is 2. The summed E-state index contributed by atoms with van der Waals surface area (Å²) in [6.07, 6.45) is 1.86. The molecule has 136 valence electrons. The number of carbonyl (C=O) groups excluding carboxylic acids is 1. The van der Waals surface area contributed by atoms with E-state index >= 15 is 0 Å². The lowest BCUT2D eigenvalue weighted by atomic mass is 10.1. The summed E-state index contributed by atoms with van der Waals surface area (Å²) in [4.78, 5) is 20.2. The minimum atomic E-state index is -0.108. The van der Waals surface area contributed by atoms with E-state index < -0.39 is 0 Å². The maximum atomic E-state index is 12.3. The monoisotopic (exact) mass is 360 g/mol. The molecular weight excluding hydrogens is 340 g/mol. The number of nitrogens with zero attached hydrogens (tertiary/aromatic N) is 2. The van der Waals surface area contributed by atoms with Crippen LogP contribution in [0.1, 0.15) is 10.4 Å². The number of nitrogens with one attached hydrogen (secondary N) is 4. The molecule has 4 N–H and O–H groups in total. The van der Waals surface area contributed by atoms with Crippen molar-refractivity contribution in [2.75, 3.05) is 20.1 Å². The highest BCUT2D eigenvalue weighted by Gasteiger charge is 2.15. The number of amides is 1. The van der Waals surface area contributed by atoms with Gasteiger partial charge in [0.05, 0.1) is 11.2 Å². The maximum absolute atomic E-state index is 12.3. The Morgan fingerprint density at radius 3 is 2.78 bits per heavy atom. The van der Waals surface area contributed by atoms with Crippen LogP contribution in [-0.4, -0.2) is 46.2 Å². The van der Waals surface area contributed by atoms with E-state index in [4.69, 9.17) is 0 Å². The standard InChI is InChI=1S/C20H20N6O/c1-21-9-10-22-20(27)14-7-8-16-15(11-14)18(26-25-16)19-23-12-17(24-19)13-5-3-2-4-6-13/h2-8,11-12,21H,9-10H2,1H3,(H,22,27)(H,23,24)(H,25,26). The molecule has 4 aromatic rings. The third kappa shape index (κ3) is 3.45. The average molecular weight is 360 g/mol. The second-order valence-corrected chi connectivity index (χ2v) is 6.19. The lowest BCUT2D eigenvalue weighted by Crippen LogP contribution is -2.30. The van der Waals surface area contributed by atoms with E-state index in [1.807, 2.05) is 55.7 Å². The minimum absolute atomic E-state index is 0.108. The molecule has 0 aliphatic rings. The second-order valence-electron chi connectivity index (χ2n) is 6.19. The Bertz CT molecular complexity index is 1070. The smallest absolute Gasteiger partial charge is 0.251 e. The maximum Gasteiger partial charge on any atom is 0.251 e. The molecule has 4 rings (SSSR count). The SMILES string of the molecule is CNCCNC(=O)c1ccc2[nH]nc(-c3nc(-c4ccccc4)c[nH]3)c2c1. The largest absolute Gasteiger partial charge is 0.351 e. The molecule has 0 saturated carbocycles. The van der Waals surface area contributed by atoms with Crippen LogP contribution in [0.25, 0.3) is 33.7 Å². The highest BCUT2D eigenvalue weighted by atomic mass is 16.1. The molecule has 0 aliphatic heterocycles. The molecule has 2 aromatic carbocycles. The van der Waals surface area contributed by atoms with Gasteiger partial charge in [-0.3, -0.25) is 9.89 Å². The molecule has 2 aromatic heterocycles. The Morgan fingerprint density at radius 1 is 1.11 bits per heavy atom. The van der Waals surface area contributed by atoms with Crippen LogP contribution in [0, 0.1) is 0 Å². The first-order valence-corrected chi connectivity index (χ1v) is 8.78. The van der Waals surface area contributed by atoms with Gasteiger partial charge in [-0.05, 0) is 25.2 Å². The first kappa shape index (κ1) is 17.0. The van der Waals surface area contributed by atoms with Crippen molar-refractivity contribution in [3.8, 4) is 22.8 Å². The fraction of sp³-hybridized carbons (Fsp3) is 0.150. The van der Waals surface area contributed by atoms with Gasteiger partial charge in [0.2, 0.25) is 0 Å². The van der Waals surface area contributed by atoms with Gasteiger partial charge in [0, 0.05) is 35.8 Å². The fourth-order valence-electron chi connectivity index (χ4n) is 2.94. The van der Waals surface area contributed by atoms with Crippen LogP contribution in [0.5, 0.6) is 0 Å². The molecule has 7 nitrogen and oxygen atoms in total. The number of hydrogen-bond acceptors (Lipinski definition) is 4. The Kier molecular flexibility index (Phi) is 4.67. The van der Waals surface area contributed by atoms with Gasteiger partial charge in [-0.1, -0.05) is 30.3 Å². The summed E-state index contributed by atoms with van der Waals surface area (Å²) in [6, 6.07) is 15.4. The van der Waals surface area contributed by atoms with Crippen LogP contribution in [-0.2, 0) is 0 Å². The third-order valence-corrected chi connectivity index (χ3v) is 4.36. The number of imidazole rings is 1. The van der Waals surface area contributed by atoms with Gasteiger partial charge in [0.25, 0.3) is 5.91 Å². The quantitative estimate of drug-likeness (QED) is 0.397. The van der Waals surface area contributed by atoms with Gasteiger partial charge in [-0.25, -0.2) is 4.98 Å². The predicted octanol–water partition coefficient (Wildman–Crippen LogP) is 2.57. The zero-order valence-electron chi connectivity index (χ0n) is 14.9. The zero-order chi connectivity index (χ0) is 18.6. The highest BCUT2D eigenvalue weighted by molar-refractivity contribution is 6.01. The number of carbonyl (C=O) groups is 1. The number of hydrogen-bond donors (Lipinski definition) is 4. The van der Waals surface area contributed by atoms with Crippen LogP contribution in [0.15, 0.2) is 54.7 Å². The topological polar surface area (TPSA) is 98.5 Å². The molecule has 2 heterocycles. The van der Waals surface area contributed by atoms with Gasteiger partial charge in [0.1, 0.15) is 5.69 Å². The Morgan fingerprint density at radius 2 is 1.96 bits per heavy atom. The Hall–Kier alpha value is -3.45. The van der Waals surface area contributed by atoms with E-state index in [1.54, 1.807) is 6.07 Å². The van der Waals surface area contributed by atoms with Crippen molar-refractivity contribution in [3.05, 3.63) is 60.3 Å². The zero-order valence-corrected chi connectivity index (χ0v) is 14.9. The summed E-state index contributed by atoms with van der Waals surface area (Å²) in [7, 11) is 1.85. The van der Waals surface area contributed by atoms with Gasteiger partial charge in [-0.15, -0.1) is 0 Å². The number of rotatable bonds is 6. The Balaban J connectivity index is 1.65. The molecule has 1 amide bonds. The molecule has 7 heteroatoms. The molecule has 0 unspecified atom stereocenters. The van der Waals surface area contributed by atoms with Crippen molar-refractivity contribution in [2.45, 2.75) is 0 Å². The van der Waals surface area contributed by atoms with Gasteiger partial charge < -0.3 is 15.6 Å². The molecule has 0 bridgehead atoms. The van der Waals surface area contributed by atoms with E-state index in [-0.39, 0.29) is 5.91 Å². The van der Waals surface area contributed by atoms with Crippen molar-refractivity contribution >= 4 is 16.8 Å². The molecule has 0 aliphatic carbocycles. The van der Waals surface area contributed by atoms with E-state index in [1.165, 1.54) is 0 Å². The van der Waals surface area contributed by atoms with Gasteiger partial charge in [0.15, 0.2) is 5.82 Å². The first-order valence-electron chi connectivity index (χ1n) is 8.78. The predicted molar refractivity (Wildman–Crippen MR) is 105 cm³/mol. The van der Waals surface area contributed by atoms with Crippen LogP contribution in [0.3, 0.4) is 0 Å². The first-order chi connectivity index (χ1) is 13.3. The van der Waals surface area contributed by atoms with Crippen LogP contribution >= 0.6 is 0 Å². The third-order valence-electron chi connectivity index (χ3n) is 4.36. The summed E-state index contributed by atoms with van der Waals surface area (Å²) in [6.45, 7) is 1.30. The summed E-state index contributed by atoms with van der Waals surface area (Å²) >= 11 is 0. The van der Waals surface area contributed by atoms with Crippen LogP contribution < -0.4 is 10.6 Å². The van der Waals surface area contributed by atoms with E-state index in [0.717, 1.165) is 28.7 Å². The highest BCUT2D eigenvalue weighted by Crippen LogP contribution is 2.27. The number of H-pyrrole nitrogens is 2. The molecule has 0 saturated heterocycles. The lowest BCUT2D eigenvalue weighted by molar-refractivity contribution is 0.0954. The van der Waals surface area contributed by atoms with Crippen LogP contribution in [0.4, 0.5) is 0 Å². The van der Waals surface area contributed by atoms with E-state index in [0.29, 0.717) is 23.6 Å². The fourth-order valence-corrected chi connectivity index (χ4v) is 2.94. The van der Waals surface area contributed by atoms with Crippen molar-refractivity contribution in [1.82, 2.24) is 30.8 Å². The Labute approximate surface area is 156 Å². The summed E-state index contributed by atoms with van der Waals surface area (Å²) in [5, 5.41) is 14.1. The number of likely N-dealkylation sites (N-methyl/N-ethyl adjacent to an activating group) is 1. The summed E-state index contributed by atoms with van der Waals surface area (Å²) in [5.41, 5.74) is 4.02. The van der Waals surface area contributed by atoms with Crippen molar-refractivity contribution in [1.29, 1.82) is 0 Å². The normalized spacial score (nSPS) is 11.0. The molecule has 0 atom stereocenters. The average Bonchev–Trinajstić information content (AvgIpc) is 3.35. The second kappa shape index (κ2) is 7.43. The van der Waals surface area contributed by atoms with E-state index in [2.05, 4.69) is 30.8 Å². The van der Waals surface area contributed by atoms with Crippen molar-refractivity contribution in [3.63, 3.8) is 0 Å². The van der Waals surface area contributed by atoms with Crippen molar-refractivity contribution in [2.24, 2.45) is 0 Å². The molecule has 0 radical (unpaired) electrons. The summed E-state index contributed by atoms with van der Waals surface area (Å²) in [5.74, 6) is 0.552. The molecular formula is C20H20N6O. The molecule has 0 fully saturated rings. The number of aromatic amines is 2. The van der Waals surface area contributed by atoms with Gasteiger partial charge >= 0.3 is 0 Å².